The molecule has 0 bridgehead atoms. The Morgan fingerprint density at radius 3 is 1.39 bits per heavy atom. The van der Waals surface area contributed by atoms with Crippen LogP contribution < -0.4 is 36.2 Å². The molecule has 46 heteroatoms. The quantitative estimate of drug-likeness (QED) is 0.0297. The van der Waals surface area contributed by atoms with Crippen molar-refractivity contribution in [1.82, 2.24) is 85.0 Å². The van der Waals surface area contributed by atoms with E-state index in [0.29, 0.717) is 48.2 Å². The highest BCUT2D eigenvalue weighted by atomic mass is 16.6. The summed E-state index contributed by atoms with van der Waals surface area (Å²) >= 11 is 0. The van der Waals surface area contributed by atoms with E-state index in [1.165, 1.54) is 123 Å². The number of amides is 20. The van der Waals surface area contributed by atoms with Crippen LogP contribution in [-0.4, -0.2) is 430 Å². The van der Waals surface area contributed by atoms with Crippen LogP contribution in [0.5, 0.6) is 5.75 Å². The first-order chi connectivity index (χ1) is 68.5. The summed E-state index contributed by atoms with van der Waals surface area (Å²) in [7, 11) is 19.0. The molecule has 12 atom stereocenters. The second-order valence-corrected chi connectivity index (χ2v) is 38.0. The third-order valence-corrected chi connectivity index (χ3v) is 25.7. The van der Waals surface area contributed by atoms with Gasteiger partial charge in [0.05, 0.1) is 120 Å². The molecule has 806 valence electrons. The summed E-state index contributed by atoms with van der Waals surface area (Å²) in [5.41, 5.74) is 2.04. The summed E-state index contributed by atoms with van der Waals surface area (Å²) in [6.45, 7) is 12.2. The van der Waals surface area contributed by atoms with Crippen LogP contribution in [0.4, 0.5) is 16.2 Å². The number of aryl methyl sites for hydroxylation is 1. The number of carbonyl (C=O) groups is 21. The van der Waals surface area contributed by atoms with Gasteiger partial charge in [0.25, 0.3) is 11.8 Å². The number of hydrogen-bond acceptors (Lipinski definition) is 26. The number of aliphatic hydroxyl groups excluding tert-OH is 1. The number of hydrogen-bond donors (Lipinski definition) is 7. The van der Waals surface area contributed by atoms with E-state index in [2.05, 4.69) is 26.6 Å². The minimum Gasteiger partial charge on any atom is -0.493 e. The van der Waals surface area contributed by atoms with Crippen LogP contribution in [0.1, 0.15) is 137 Å². The molecule has 5 rings (SSSR count). The van der Waals surface area contributed by atoms with Crippen molar-refractivity contribution in [3.63, 3.8) is 0 Å². The van der Waals surface area contributed by atoms with Crippen molar-refractivity contribution in [1.29, 1.82) is 0 Å². The van der Waals surface area contributed by atoms with Gasteiger partial charge in [-0.1, -0.05) is 103 Å². The Kier molecular flexibility index (Phi) is 48.8. The Morgan fingerprint density at radius 1 is 0.493 bits per heavy atom. The average molecular weight is 2050 g/mol. The van der Waals surface area contributed by atoms with Crippen molar-refractivity contribution in [3.05, 3.63) is 102 Å². The van der Waals surface area contributed by atoms with Crippen LogP contribution in [-0.2, 0) is 123 Å². The lowest BCUT2D eigenvalue weighted by Gasteiger charge is -2.41. The van der Waals surface area contributed by atoms with E-state index in [-0.39, 0.29) is 74.5 Å². The first-order valence-corrected chi connectivity index (χ1v) is 48.3. The molecule has 0 radical (unpaired) electrons. The number of rotatable bonds is 56. The SMILES string of the molecule is CC[C@H](C)[C@@H]([C@@H](CC(=O)N1CCC[C@H]1[C@H](OC)[C@@H](C)C(=O)N[C@H](C)[C@@H](O)c1ccccc1)OC)N(C)C(=O)[C@@H](NC(=O)[C@H](C(C)C)N(C)C(=O)OCc1ccc(NC(=O)[C@H](C)NC(=O)[C@H](C)NC(=O)CCc2ccc(N3C(=O)C=CC3=O)cc2OCCCC(=O)N(C)CC(=O)N(C)CC(=O)N(C)CC(=O)N(C)CC(=O)N(C)CC(=O)N(C)CC(=O)N(C)CC(=O)N(C)CC(=O)N(C)CC(=O)N(C)CC(=O)O)cc1)C(C)C. The number of nitrogens with zero attached hydrogens (tertiary/aromatic N) is 14. The summed E-state index contributed by atoms with van der Waals surface area (Å²) < 4.78 is 23.9. The van der Waals surface area contributed by atoms with Gasteiger partial charge in [-0.15, -0.1) is 0 Å². The van der Waals surface area contributed by atoms with Gasteiger partial charge >= 0.3 is 12.1 Å². The number of likely N-dealkylation sites (N-methyl/N-ethyl adjacent to an activating group) is 12. The van der Waals surface area contributed by atoms with Gasteiger partial charge < -0.3 is 115 Å². The van der Waals surface area contributed by atoms with Crippen molar-refractivity contribution < 1.29 is 130 Å². The molecular formula is C100H149N19O27. The number of likely N-dealkylation sites (tertiary alicyclic amines) is 1. The number of ether oxygens (including phenoxy) is 4. The third kappa shape index (κ3) is 36.6. The molecule has 2 heterocycles. The van der Waals surface area contributed by atoms with Crippen LogP contribution in [0.2, 0.25) is 0 Å². The number of carboxylic acids is 1. The van der Waals surface area contributed by atoms with Crippen LogP contribution in [0, 0.1) is 23.7 Å². The smallest absolute Gasteiger partial charge is 0.410 e. The molecule has 0 aliphatic carbocycles. The van der Waals surface area contributed by atoms with Crippen molar-refractivity contribution in [2.45, 2.75) is 188 Å². The number of methoxy groups -OCH3 is 2. The zero-order valence-electron chi connectivity index (χ0n) is 88.4. The summed E-state index contributed by atoms with van der Waals surface area (Å²) in [4.78, 5) is 294. The molecule has 1 fully saturated rings. The third-order valence-electron chi connectivity index (χ3n) is 25.7. The fraction of sp³-hybridized carbons (Fsp3) is 0.590. The van der Waals surface area contributed by atoms with Crippen LogP contribution in [0.3, 0.4) is 0 Å². The van der Waals surface area contributed by atoms with Gasteiger partial charge in [0.15, 0.2) is 0 Å². The van der Waals surface area contributed by atoms with Crippen molar-refractivity contribution in [2.24, 2.45) is 23.7 Å². The van der Waals surface area contributed by atoms with Gasteiger partial charge in [0.2, 0.25) is 100 Å². The number of benzene rings is 3. The molecule has 7 N–H and O–H groups in total. The van der Waals surface area contributed by atoms with E-state index in [1.807, 2.05) is 19.9 Å². The van der Waals surface area contributed by atoms with Gasteiger partial charge in [0, 0.05) is 142 Å². The van der Waals surface area contributed by atoms with Crippen molar-refractivity contribution in [2.75, 3.05) is 188 Å². The van der Waals surface area contributed by atoms with Crippen molar-refractivity contribution >= 4 is 136 Å². The maximum Gasteiger partial charge on any atom is 0.410 e. The van der Waals surface area contributed by atoms with E-state index in [4.69, 9.17) is 24.1 Å². The molecule has 0 unspecified atom stereocenters. The standard InChI is InChI=1S/C100H149N19O27/c1-25-62(6)92(74(143-23)48-79(124)118-45-29-33-72(118)94(144-24)63(7)95(137)102-64(8)93(136)69-31-27-26-28-32-69)116(21)99(141)90(60(2)3)105-98(140)91(61(4)5)117(22)100(142)146-59-67-35-39-70(40-36-67)104-97(139)66(10)103-96(138)65(9)101-75(120)42-38-68-37-41-71(119-77(122)43-44-78(119)123)47-73(68)145-46-30-34-76(121)106(11)49-80(125)107(12)50-81(126)108(13)51-82(127)109(14)52-83(128)110(15)53-84(129)111(16)54-85(130)112(17)55-86(131)113(18)56-87(132)114(19)57-88(133)115(20)58-89(134)135/h26-28,31-32,35-37,39-41,43-44,47,60-66,72,74,90-94,136H,25,29-30,33-34,38,42,45-46,48-59H2,1-24H3,(H,101,120)(H,102,137)(H,103,138)(H,104,139)(H,105,140)(H,134,135)/t62-,63+,64+,65-,66-,72-,74+,90-,91-,92-,93+,94+/m0/s1. The monoisotopic (exact) mass is 2050 g/mol. The molecular weight excluding hydrogens is 1900 g/mol. The minimum atomic E-state index is -1.25. The van der Waals surface area contributed by atoms with Gasteiger partial charge in [-0.05, 0) is 99.1 Å². The first-order valence-electron chi connectivity index (χ1n) is 48.3. The predicted octanol–water partition coefficient (Wildman–Crippen LogP) is 0.417. The largest absolute Gasteiger partial charge is 0.493 e. The second-order valence-electron chi connectivity index (χ2n) is 38.0. The Labute approximate surface area is 853 Å². The molecule has 0 aromatic heterocycles. The summed E-state index contributed by atoms with van der Waals surface area (Å²) in [5.74, 6) is -14.3. The molecule has 20 amide bonds. The maximum absolute atomic E-state index is 14.9. The van der Waals surface area contributed by atoms with Gasteiger partial charge in [-0.2, -0.15) is 0 Å². The number of imide groups is 1. The lowest BCUT2D eigenvalue weighted by Crippen LogP contribution is -2.60. The molecule has 46 nitrogen and oxygen atoms in total. The highest BCUT2D eigenvalue weighted by Gasteiger charge is 2.45. The van der Waals surface area contributed by atoms with Gasteiger partial charge in [-0.25, -0.2) is 9.69 Å². The maximum atomic E-state index is 14.9. The topological polar surface area (TPSA) is 541 Å². The summed E-state index contributed by atoms with van der Waals surface area (Å²) in [6.07, 6.45) is 0.295. The molecule has 1 saturated heterocycles. The Hall–Kier alpha value is -14.0. The van der Waals surface area contributed by atoms with Gasteiger partial charge in [-0.3, -0.25) is 101 Å². The number of aliphatic hydroxyl groups is 1. The normalized spacial score (nSPS) is 14.9. The molecule has 2 aliphatic heterocycles. The van der Waals surface area contributed by atoms with Crippen LogP contribution in [0.25, 0.3) is 0 Å². The zero-order chi connectivity index (χ0) is 110. The summed E-state index contributed by atoms with van der Waals surface area (Å²) in [5, 5.41) is 33.7. The predicted molar refractivity (Wildman–Crippen MR) is 534 cm³/mol. The van der Waals surface area contributed by atoms with Gasteiger partial charge in [0.1, 0.15) is 43.1 Å². The van der Waals surface area contributed by atoms with E-state index >= 15 is 0 Å². The van der Waals surface area contributed by atoms with E-state index in [0.717, 1.165) is 71.0 Å². The number of carbonyl (C=O) groups excluding carboxylic acids is 20. The van der Waals surface area contributed by atoms with E-state index in [9.17, 15) is 106 Å². The number of anilines is 2. The zero-order valence-corrected chi connectivity index (χ0v) is 88.4. The van der Waals surface area contributed by atoms with E-state index in [1.54, 1.807) is 108 Å². The number of nitrogens with one attached hydrogen (secondary N) is 5. The van der Waals surface area contributed by atoms with Crippen LogP contribution >= 0.6 is 0 Å². The molecule has 3 aromatic carbocycles. The number of aliphatic carboxylic acids is 1. The molecule has 146 heavy (non-hydrogen) atoms. The summed E-state index contributed by atoms with van der Waals surface area (Å²) in [6, 6.07) is 13.5. The first kappa shape index (κ1) is 122. The van der Waals surface area contributed by atoms with Crippen molar-refractivity contribution in [3.8, 4) is 5.75 Å². The molecule has 2 aliphatic rings. The fourth-order valence-corrected chi connectivity index (χ4v) is 16.2. The molecule has 0 saturated carbocycles. The average Bonchev–Trinajstić information content (AvgIpc) is 1.52. The Balaban J connectivity index is 1.05. The van der Waals surface area contributed by atoms with Crippen LogP contribution in [0.15, 0.2) is 84.9 Å². The highest BCUT2D eigenvalue weighted by Crippen LogP contribution is 2.33. The lowest BCUT2D eigenvalue weighted by molar-refractivity contribution is -0.148. The second kappa shape index (κ2) is 58.2. The Morgan fingerprint density at radius 2 is 0.952 bits per heavy atom. The minimum absolute atomic E-state index is 0.00621. The highest BCUT2D eigenvalue weighted by molar-refractivity contribution is 6.28. The van der Waals surface area contributed by atoms with E-state index < -0.39 is 256 Å². The lowest BCUT2D eigenvalue weighted by atomic mass is 9.89. The fourth-order valence-electron chi connectivity index (χ4n) is 16.2. The Bertz CT molecular complexity index is 5120. The molecule has 0 spiro atoms. The molecule has 3 aromatic rings. The number of carboxylic acid groups (broad SMARTS) is 1.